The van der Waals surface area contributed by atoms with E-state index in [4.69, 9.17) is 16.3 Å². The summed E-state index contributed by atoms with van der Waals surface area (Å²) >= 11 is 6.12. The number of para-hydroxylation sites is 1. The number of ether oxygens (including phenoxy) is 1. The summed E-state index contributed by atoms with van der Waals surface area (Å²) in [5.41, 5.74) is 2.17. The molecule has 6 nitrogen and oxygen atoms in total. The standard InChI is InChI=1S/C19H18ClN3O3/c1-11-16(18(24)22-15-6-4-3-5-14(15)20)17(23-19(25)21-11)12-7-9-13(26-2)10-8-12/h3-10,17H,1-2H3,(H,22,24)(H2,21,23,25). The molecular formula is C19H18ClN3O3. The van der Waals surface area contributed by atoms with Crippen LogP contribution in [0.5, 0.6) is 5.75 Å². The van der Waals surface area contributed by atoms with E-state index in [1.54, 1.807) is 50.4 Å². The van der Waals surface area contributed by atoms with Crippen LogP contribution in [0.1, 0.15) is 18.5 Å². The number of allylic oxidation sites excluding steroid dienone is 1. The van der Waals surface area contributed by atoms with Crippen LogP contribution in [0.4, 0.5) is 10.5 Å². The quantitative estimate of drug-likeness (QED) is 0.768. The van der Waals surface area contributed by atoms with Crippen LogP contribution in [0, 0.1) is 0 Å². The predicted octanol–water partition coefficient (Wildman–Crippen LogP) is 3.62. The Morgan fingerprint density at radius 1 is 1.15 bits per heavy atom. The molecule has 0 radical (unpaired) electrons. The van der Waals surface area contributed by atoms with Crippen LogP contribution in [0.2, 0.25) is 5.02 Å². The highest BCUT2D eigenvalue weighted by Crippen LogP contribution is 2.30. The van der Waals surface area contributed by atoms with Gasteiger partial charge in [0.05, 0.1) is 29.4 Å². The van der Waals surface area contributed by atoms with Crippen molar-refractivity contribution in [2.24, 2.45) is 0 Å². The predicted molar refractivity (Wildman–Crippen MR) is 100 cm³/mol. The van der Waals surface area contributed by atoms with E-state index in [0.717, 1.165) is 5.56 Å². The summed E-state index contributed by atoms with van der Waals surface area (Å²) in [6.45, 7) is 1.69. The number of carbonyl (C=O) groups excluding carboxylic acids is 2. The summed E-state index contributed by atoms with van der Waals surface area (Å²) in [5.74, 6) is 0.348. The monoisotopic (exact) mass is 371 g/mol. The molecule has 2 aromatic rings. The summed E-state index contributed by atoms with van der Waals surface area (Å²) in [6.07, 6.45) is 0. The highest BCUT2D eigenvalue weighted by atomic mass is 35.5. The van der Waals surface area contributed by atoms with Crippen molar-refractivity contribution in [2.45, 2.75) is 13.0 Å². The van der Waals surface area contributed by atoms with E-state index in [-0.39, 0.29) is 11.9 Å². The number of benzene rings is 2. The number of urea groups is 1. The van der Waals surface area contributed by atoms with Gasteiger partial charge in [-0.2, -0.15) is 0 Å². The van der Waals surface area contributed by atoms with Gasteiger partial charge in [-0.25, -0.2) is 4.79 Å². The van der Waals surface area contributed by atoms with Crippen molar-refractivity contribution in [3.05, 3.63) is 70.4 Å². The molecule has 0 saturated heterocycles. The van der Waals surface area contributed by atoms with E-state index in [1.165, 1.54) is 0 Å². The van der Waals surface area contributed by atoms with Crippen LogP contribution >= 0.6 is 11.6 Å². The highest BCUT2D eigenvalue weighted by molar-refractivity contribution is 6.33. The number of carbonyl (C=O) groups is 2. The van der Waals surface area contributed by atoms with Gasteiger partial charge in [0.15, 0.2) is 0 Å². The van der Waals surface area contributed by atoms with Crippen LogP contribution in [-0.4, -0.2) is 19.0 Å². The first-order valence-corrected chi connectivity index (χ1v) is 8.35. The molecule has 7 heteroatoms. The van der Waals surface area contributed by atoms with Crippen molar-refractivity contribution < 1.29 is 14.3 Å². The Labute approximate surface area is 156 Å². The van der Waals surface area contributed by atoms with Gasteiger partial charge in [0.1, 0.15) is 5.75 Å². The molecule has 3 rings (SSSR count). The number of methoxy groups -OCH3 is 1. The average molecular weight is 372 g/mol. The van der Waals surface area contributed by atoms with Crippen molar-refractivity contribution in [1.29, 1.82) is 0 Å². The third kappa shape index (κ3) is 3.65. The number of nitrogens with one attached hydrogen (secondary N) is 3. The molecule has 1 unspecified atom stereocenters. The van der Waals surface area contributed by atoms with Gasteiger partial charge in [0.25, 0.3) is 5.91 Å². The highest BCUT2D eigenvalue weighted by Gasteiger charge is 2.31. The number of anilines is 1. The lowest BCUT2D eigenvalue weighted by molar-refractivity contribution is -0.113. The molecule has 0 fully saturated rings. The minimum Gasteiger partial charge on any atom is -0.497 e. The van der Waals surface area contributed by atoms with E-state index in [0.29, 0.717) is 27.7 Å². The van der Waals surface area contributed by atoms with Crippen molar-refractivity contribution in [3.63, 3.8) is 0 Å². The van der Waals surface area contributed by atoms with Gasteiger partial charge in [-0.3, -0.25) is 4.79 Å². The summed E-state index contributed by atoms with van der Waals surface area (Å²) in [5, 5.41) is 8.67. The van der Waals surface area contributed by atoms with Gasteiger partial charge in [-0.1, -0.05) is 35.9 Å². The van der Waals surface area contributed by atoms with E-state index in [1.807, 2.05) is 12.1 Å². The zero-order valence-corrected chi connectivity index (χ0v) is 15.1. The first-order chi connectivity index (χ1) is 12.5. The minimum absolute atomic E-state index is 0.344. The smallest absolute Gasteiger partial charge is 0.319 e. The summed E-state index contributed by atoms with van der Waals surface area (Å²) in [4.78, 5) is 24.8. The molecule has 1 atom stereocenters. The second kappa shape index (κ2) is 7.49. The first kappa shape index (κ1) is 17.8. The second-order valence-corrected chi connectivity index (χ2v) is 6.18. The number of hydrogen-bond donors (Lipinski definition) is 3. The molecule has 0 spiro atoms. The largest absolute Gasteiger partial charge is 0.497 e. The molecule has 1 aliphatic heterocycles. The Kier molecular flexibility index (Phi) is 5.14. The molecular weight excluding hydrogens is 354 g/mol. The van der Waals surface area contributed by atoms with Crippen LogP contribution in [0.3, 0.4) is 0 Å². The summed E-state index contributed by atoms with van der Waals surface area (Å²) in [7, 11) is 1.58. The van der Waals surface area contributed by atoms with Crippen LogP contribution in [0.25, 0.3) is 0 Å². The maximum atomic E-state index is 12.9. The average Bonchev–Trinajstić information content (AvgIpc) is 2.63. The Morgan fingerprint density at radius 2 is 1.85 bits per heavy atom. The SMILES string of the molecule is COc1ccc(C2NC(=O)NC(C)=C2C(=O)Nc2ccccc2Cl)cc1. The van der Waals surface area contributed by atoms with Crippen molar-refractivity contribution in [1.82, 2.24) is 10.6 Å². The van der Waals surface area contributed by atoms with Crippen LogP contribution < -0.4 is 20.7 Å². The van der Waals surface area contributed by atoms with Crippen molar-refractivity contribution in [3.8, 4) is 5.75 Å². The zero-order chi connectivity index (χ0) is 18.7. The molecule has 0 aliphatic carbocycles. The van der Waals surface area contributed by atoms with Crippen molar-refractivity contribution >= 4 is 29.2 Å². The zero-order valence-electron chi connectivity index (χ0n) is 14.3. The lowest BCUT2D eigenvalue weighted by atomic mass is 9.94. The van der Waals surface area contributed by atoms with E-state index < -0.39 is 6.04 Å². The minimum atomic E-state index is -0.586. The molecule has 3 amide bonds. The fourth-order valence-electron chi connectivity index (χ4n) is 2.79. The summed E-state index contributed by atoms with van der Waals surface area (Å²) in [6, 6.07) is 13.2. The lowest BCUT2D eigenvalue weighted by Gasteiger charge is -2.28. The van der Waals surface area contributed by atoms with Gasteiger partial charge < -0.3 is 20.7 Å². The van der Waals surface area contributed by atoms with Gasteiger partial charge >= 0.3 is 6.03 Å². The molecule has 1 aliphatic rings. The fourth-order valence-corrected chi connectivity index (χ4v) is 2.98. The molecule has 1 heterocycles. The lowest BCUT2D eigenvalue weighted by Crippen LogP contribution is -2.45. The fraction of sp³-hybridized carbons (Fsp3) is 0.158. The van der Waals surface area contributed by atoms with Crippen LogP contribution in [-0.2, 0) is 4.79 Å². The second-order valence-electron chi connectivity index (χ2n) is 5.78. The number of halogens is 1. The van der Waals surface area contributed by atoms with E-state index in [2.05, 4.69) is 16.0 Å². The molecule has 0 bridgehead atoms. The van der Waals surface area contributed by atoms with Crippen LogP contribution in [0.15, 0.2) is 59.8 Å². The van der Waals surface area contributed by atoms with Gasteiger partial charge in [-0.05, 0) is 36.8 Å². The van der Waals surface area contributed by atoms with Gasteiger partial charge in [0, 0.05) is 5.70 Å². The first-order valence-electron chi connectivity index (χ1n) is 7.97. The third-order valence-electron chi connectivity index (χ3n) is 4.08. The summed E-state index contributed by atoms with van der Waals surface area (Å²) < 4.78 is 5.16. The Morgan fingerprint density at radius 3 is 2.50 bits per heavy atom. The normalized spacial score (nSPS) is 16.6. The van der Waals surface area contributed by atoms with Gasteiger partial charge in [0.2, 0.25) is 0 Å². The molecule has 3 N–H and O–H groups in total. The van der Waals surface area contributed by atoms with E-state index >= 15 is 0 Å². The molecule has 0 saturated carbocycles. The number of hydrogen-bond acceptors (Lipinski definition) is 3. The molecule has 2 aromatic carbocycles. The topological polar surface area (TPSA) is 79.5 Å². The van der Waals surface area contributed by atoms with Crippen molar-refractivity contribution in [2.75, 3.05) is 12.4 Å². The number of rotatable bonds is 4. The van der Waals surface area contributed by atoms with Gasteiger partial charge in [-0.15, -0.1) is 0 Å². The molecule has 0 aromatic heterocycles. The Bertz CT molecular complexity index is 878. The molecule has 26 heavy (non-hydrogen) atoms. The Hall–Kier alpha value is -2.99. The Balaban J connectivity index is 1.94. The third-order valence-corrected chi connectivity index (χ3v) is 4.41. The van der Waals surface area contributed by atoms with E-state index in [9.17, 15) is 9.59 Å². The maximum Gasteiger partial charge on any atom is 0.319 e. The molecule has 134 valence electrons. The number of amides is 3. The maximum absolute atomic E-state index is 12.9.